The first-order chi connectivity index (χ1) is 8.71. The molecule has 0 amide bonds. The van der Waals surface area contributed by atoms with Gasteiger partial charge in [0.15, 0.2) is 0 Å². The van der Waals surface area contributed by atoms with Gasteiger partial charge in [0.2, 0.25) is 0 Å². The molecule has 3 N–H and O–H groups in total. The normalized spacial score (nSPS) is 10.1. The van der Waals surface area contributed by atoms with Gasteiger partial charge in [0.25, 0.3) is 0 Å². The van der Waals surface area contributed by atoms with Crippen molar-refractivity contribution in [1.29, 1.82) is 0 Å². The summed E-state index contributed by atoms with van der Waals surface area (Å²) in [7, 11) is 0. The Morgan fingerprint density at radius 2 is 1.78 bits per heavy atom. The van der Waals surface area contributed by atoms with E-state index in [1.54, 1.807) is 0 Å². The van der Waals surface area contributed by atoms with Gasteiger partial charge in [-0.05, 0) is 66.0 Å². The molecule has 0 atom stereocenters. The number of hydrogen-bond acceptors (Lipinski definition) is 2. The summed E-state index contributed by atoms with van der Waals surface area (Å²) in [4.78, 5) is 0. The predicted octanol–water partition coefficient (Wildman–Crippen LogP) is 3.14. The molecule has 0 spiro atoms. The lowest BCUT2D eigenvalue weighted by Crippen LogP contribution is -2.21. The van der Waals surface area contributed by atoms with Gasteiger partial charge in [-0.3, -0.25) is 0 Å². The van der Waals surface area contributed by atoms with Gasteiger partial charge in [0.05, 0.1) is 0 Å². The number of nitrogens with two attached hydrogens (primary N) is 1. The molecule has 0 unspecified atom stereocenters. The van der Waals surface area contributed by atoms with Crippen LogP contribution >= 0.6 is 0 Å². The van der Waals surface area contributed by atoms with Crippen LogP contribution in [0.5, 0.6) is 0 Å². The monoisotopic (exact) mass is 240 g/mol. The first-order valence-corrected chi connectivity index (χ1v) is 6.10. The second-order valence-electron chi connectivity index (χ2n) is 4.36. The number of nitrogens with zero attached hydrogens (tertiary/aromatic N) is 1. The Morgan fingerprint density at radius 3 is 2.39 bits per heavy atom. The van der Waals surface area contributed by atoms with Crippen LogP contribution in [-0.2, 0) is 6.42 Å². The number of nitrogens with one attached hydrogen (secondary N) is 1. The molecule has 0 heterocycles. The van der Waals surface area contributed by atoms with E-state index in [4.69, 9.17) is 5.53 Å². The van der Waals surface area contributed by atoms with Crippen LogP contribution in [0.3, 0.4) is 0 Å². The Morgan fingerprint density at radius 1 is 1.06 bits per heavy atom. The van der Waals surface area contributed by atoms with Crippen molar-refractivity contribution in [3.05, 3.63) is 53.6 Å². The van der Waals surface area contributed by atoms with E-state index in [1.165, 1.54) is 11.1 Å². The molecule has 0 aliphatic heterocycles. The van der Waals surface area contributed by atoms with Crippen LogP contribution in [0.2, 0.25) is 0 Å². The molecule has 0 bridgehead atoms. The fourth-order valence-electron chi connectivity index (χ4n) is 1.94. The van der Waals surface area contributed by atoms with E-state index in [1.807, 2.05) is 24.3 Å². The summed E-state index contributed by atoms with van der Waals surface area (Å²) in [6.45, 7) is 4.27. The maximum absolute atomic E-state index is 5.21. The molecule has 2 aromatic carbocycles. The summed E-state index contributed by atoms with van der Waals surface area (Å²) in [5.41, 5.74) is 10.8. The molecule has 0 aromatic heterocycles. The van der Waals surface area contributed by atoms with Crippen LogP contribution in [0.1, 0.15) is 18.1 Å². The summed E-state index contributed by atoms with van der Waals surface area (Å²) in [6.07, 6.45) is 1.04. The van der Waals surface area contributed by atoms with Gasteiger partial charge in [0.1, 0.15) is 5.69 Å². The molecule has 0 aliphatic rings. The predicted molar refractivity (Wildman–Crippen MR) is 74.3 cm³/mol. The Bertz CT molecular complexity index is 544. The topological polar surface area (TPSA) is 50.0 Å². The third-order valence-corrected chi connectivity index (χ3v) is 2.85. The summed E-state index contributed by atoms with van der Waals surface area (Å²) >= 11 is 0. The SMILES string of the molecule is CCc1cc(C)cc(Nc2ccc(N=[NH2+])cc2)c1. The van der Waals surface area contributed by atoms with Crippen LogP contribution in [0.15, 0.2) is 47.6 Å². The van der Waals surface area contributed by atoms with Crippen molar-refractivity contribution in [2.24, 2.45) is 5.11 Å². The van der Waals surface area contributed by atoms with E-state index in [-0.39, 0.29) is 0 Å². The number of benzene rings is 2. The van der Waals surface area contributed by atoms with E-state index in [9.17, 15) is 0 Å². The van der Waals surface area contributed by atoms with Gasteiger partial charge in [-0.15, -0.1) is 0 Å². The molecule has 3 nitrogen and oxygen atoms in total. The molecule has 0 aliphatic carbocycles. The van der Waals surface area contributed by atoms with Crippen molar-refractivity contribution in [1.82, 2.24) is 0 Å². The molecule has 0 radical (unpaired) electrons. The molecule has 0 fully saturated rings. The summed E-state index contributed by atoms with van der Waals surface area (Å²) < 4.78 is 0. The molecule has 2 aromatic rings. The van der Waals surface area contributed by atoms with E-state index in [0.29, 0.717) is 0 Å². The third-order valence-electron chi connectivity index (χ3n) is 2.85. The highest BCUT2D eigenvalue weighted by Crippen LogP contribution is 2.22. The Kier molecular flexibility index (Phi) is 3.72. The number of aryl methyl sites for hydroxylation is 2. The number of rotatable bonds is 4. The van der Waals surface area contributed by atoms with Crippen molar-refractivity contribution in [2.75, 3.05) is 5.32 Å². The molecule has 0 saturated heterocycles. The zero-order valence-electron chi connectivity index (χ0n) is 10.8. The van der Waals surface area contributed by atoms with Gasteiger partial charge in [-0.2, -0.15) is 5.53 Å². The third kappa shape index (κ3) is 2.94. The standard InChI is InChI=1S/C15H17N3/c1-3-12-8-11(2)9-15(10-12)17-13-4-6-14(18-16)7-5-13/h4-10,16-17H,3H2,1-2H3/p+1. The maximum atomic E-state index is 5.21. The second kappa shape index (κ2) is 5.45. The number of anilines is 2. The Hall–Kier alpha value is -2.16. The minimum absolute atomic E-state index is 0.777. The molecule has 3 heteroatoms. The van der Waals surface area contributed by atoms with E-state index >= 15 is 0 Å². The maximum Gasteiger partial charge on any atom is 0.130 e. The lowest BCUT2D eigenvalue weighted by Gasteiger charge is -2.09. The molecular weight excluding hydrogens is 222 g/mol. The van der Waals surface area contributed by atoms with Crippen LogP contribution in [-0.4, -0.2) is 0 Å². The van der Waals surface area contributed by atoms with Crippen LogP contribution in [0, 0.1) is 6.92 Å². The zero-order valence-corrected chi connectivity index (χ0v) is 10.8. The summed E-state index contributed by atoms with van der Waals surface area (Å²) in [5, 5.41) is 7.02. The Labute approximate surface area is 107 Å². The van der Waals surface area contributed by atoms with E-state index < -0.39 is 0 Å². The second-order valence-corrected chi connectivity index (χ2v) is 4.36. The summed E-state index contributed by atoms with van der Waals surface area (Å²) in [6, 6.07) is 14.2. The van der Waals surface area contributed by atoms with Crippen molar-refractivity contribution in [3.63, 3.8) is 0 Å². The molecule has 18 heavy (non-hydrogen) atoms. The molecule has 92 valence electrons. The minimum Gasteiger partial charge on any atom is -0.356 e. The molecular formula is C15H18N3+. The highest BCUT2D eigenvalue weighted by molar-refractivity contribution is 5.62. The lowest BCUT2D eigenvalue weighted by atomic mass is 10.1. The smallest absolute Gasteiger partial charge is 0.130 e. The van der Waals surface area contributed by atoms with Crippen molar-refractivity contribution >= 4 is 17.1 Å². The van der Waals surface area contributed by atoms with Gasteiger partial charge in [0, 0.05) is 11.4 Å². The highest BCUT2D eigenvalue weighted by atomic mass is 15.0. The molecule has 2 rings (SSSR count). The first-order valence-electron chi connectivity index (χ1n) is 6.10. The minimum atomic E-state index is 0.777. The fraction of sp³-hybridized carbons (Fsp3) is 0.200. The van der Waals surface area contributed by atoms with Crippen molar-refractivity contribution in [2.45, 2.75) is 20.3 Å². The van der Waals surface area contributed by atoms with E-state index in [2.05, 4.69) is 42.5 Å². The average molecular weight is 240 g/mol. The van der Waals surface area contributed by atoms with Gasteiger partial charge in [-0.25, -0.2) is 0 Å². The van der Waals surface area contributed by atoms with Gasteiger partial charge < -0.3 is 5.32 Å². The van der Waals surface area contributed by atoms with Gasteiger partial charge in [-0.1, -0.05) is 13.0 Å². The Balaban J connectivity index is 2.21. The van der Waals surface area contributed by atoms with Crippen LogP contribution < -0.4 is 10.8 Å². The van der Waals surface area contributed by atoms with E-state index in [0.717, 1.165) is 23.5 Å². The number of hydrogen-bond donors (Lipinski definition) is 2. The average Bonchev–Trinajstić information content (AvgIpc) is 2.39. The van der Waals surface area contributed by atoms with Crippen molar-refractivity contribution < 1.29 is 5.53 Å². The lowest BCUT2D eigenvalue weighted by molar-refractivity contribution is -0.210. The zero-order chi connectivity index (χ0) is 13.0. The largest absolute Gasteiger partial charge is 0.356 e. The fourth-order valence-corrected chi connectivity index (χ4v) is 1.94. The first kappa shape index (κ1) is 12.3. The van der Waals surface area contributed by atoms with Crippen LogP contribution in [0.25, 0.3) is 0 Å². The van der Waals surface area contributed by atoms with Crippen molar-refractivity contribution in [3.8, 4) is 0 Å². The quantitative estimate of drug-likeness (QED) is 0.792. The molecule has 0 saturated carbocycles. The summed E-state index contributed by atoms with van der Waals surface area (Å²) in [5.74, 6) is 0. The van der Waals surface area contributed by atoms with Crippen LogP contribution in [0.4, 0.5) is 17.1 Å². The highest BCUT2D eigenvalue weighted by Gasteiger charge is 1.99. The van der Waals surface area contributed by atoms with Gasteiger partial charge >= 0.3 is 0 Å².